The monoisotopic (exact) mass is 266 g/mol. The Hall–Kier alpha value is -1.03. The lowest BCUT2D eigenvalue weighted by Gasteiger charge is -2.29. The molecule has 0 amide bonds. The van der Waals surface area contributed by atoms with Crippen molar-refractivity contribution in [1.82, 2.24) is 9.97 Å². The molecule has 2 bridgehead atoms. The number of nitrogens with zero attached hydrogens (tertiary/aromatic N) is 2. The first-order chi connectivity index (χ1) is 8.65. The summed E-state index contributed by atoms with van der Waals surface area (Å²) in [6.07, 6.45) is 7.03. The second kappa shape index (κ2) is 4.57. The Labute approximate surface area is 112 Å². The van der Waals surface area contributed by atoms with E-state index in [1.54, 1.807) is 0 Å². The second-order valence-corrected chi connectivity index (χ2v) is 6.06. The van der Waals surface area contributed by atoms with Gasteiger partial charge in [-0.05, 0) is 43.9 Å². The van der Waals surface area contributed by atoms with E-state index >= 15 is 0 Å². The fourth-order valence-corrected chi connectivity index (χ4v) is 3.85. The first-order valence-electron chi connectivity index (χ1n) is 6.67. The average molecular weight is 267 g/mol. The minimum absolute atomic E-state index is 0.327. The van der Waals surface area contributed by atoms with Gasteiger partial charge in [0.15, 0.2) is 11.0 Å². The Morgan fingerprint density at radius 2 is 2.22 bits per heavy atom. The number of nitrogens with two attached hydrogens (primary N) is 1. The minimum Gasteiger partial charge on any atom is -0.393 e. The molecule has 1 aromatic heterocycles. The summed E-state index contributed by atoms with van der Waals surface area (Å²) in [5.74, 6) is 3.26. The maximum absolute atomic E-state index is 5.90. The van der Waals surface area contributed by atoms with Crippen LogP contribution in [0.4, 0.5) is 11.5 Å². The molecule has 4 atom stereocenters. The molecule has 4 nitrogen and oxygen atoms in total. The molecule has 0 saturated heterocycles. The average Bonchev–Trinajstić information content (AvgIpc) is 2.97. The van der Waals surface area contributed by atoms with Crippen LogP contribution >= 0.6 is 11.6 Å². The van der Waals surface area contributed by atoms with Gasteiger partial charge in [-0.2, -0.15) is 0 Å². The molecule has 18 heavy (non-hydrogen) atoms. The summed E-state index contributed by atoms with van der Waals surface area (Å²) >= 11 is 5.90. The van der Waals surface area contributed by atoms with Crippen molar-refractivity contribution in [3.63, 3.8) is 0 Å². The number of fused-ring (bicyclic) bond motifs is 2. The van der Waals surface area contributed by atoms with Crippen molar-refractivity contribution in [2.24, 2.45) is 17.8 Å². The molecule has 5 heteroatoms. The number of anilines is 2. The predicted octanol–water partition coefficient (Wildman–Crippen LogP) is 2.95. The smallest absolute Gasteiger partial charge is 0.157 e. The molecule has 1 heterocycles. The number of hydrogen-bond acceptors (Lipinski definition) is 4. The van der Waals surface area contributed by atoms with Gasteiger partial charge in [0.1, 0.15) is 12.0 Å². The van der Waals surface area contributed by atoms with Crippen molar-refractivity contribution in [2.45, 2.75) is 38.6 Å². The molecular weight excluding hydrogens is 248 g/mol. The zero-order valence-electron chi connectivity index (χ0n) is 10.6. The summed E-state index contributed by atoms with van der Waals surface area (Å²) in [6.45, 7) is 2.22. The number of hydrogen-bond donors (Lipinski definition) is 2. The molecule has 3 rings (SSSR count). The lowest BCUT2D eigenvalue weighted by Crippen LogP contribution is -2.30. The molecule has 2 aliphatic rings. The maximum Gasteiger partial charge on any atom is 0.157 e. The van der Waals surface area contributed by atoms with Crippen molar-refractivity contribution < 1.29 is 0 Å². The predicted molar refractivity (Wildman–Crippen MR) is 73.5 cm³/mol. The number of nitrogen functional groups attached to an aromatic ring is 1. The van der Waals surface area contributed by atoms with Gasteiger partial charge in [0.05, 0.1) is 0 Å². The van der Waals surface area contributed by atoms with E-state index in [9.17, 15) is 0 Å². The Bertz CT molecular complexity index is 451. The summed E-state index contributed by atoms with van der Waals surface area (Å²) in [7, 11) is 0. The summed E-state index contributed by atoms with van der Waals surface area (Å²) in [6, 6.07) is 0.397. The molecular formula is C13H19ClN4. The van der Waals surface area contributed by atoms with Gasteiger partial charge >= 0.3 is 0 Å². The standard InChI is InChI=1S/C13H19ClN4/c1-7(10-5-8-2-3-9(10)4-8)18-13-11(15)12(14)16-6-17-13/h6-10H,2-5,15H2,1H3,(H,16,17,18). The molecule has 2 saturated carbocycles. The molecule has 1 aromatic rings. The lowest BCUT2D eigenvalue weighted by atomic mass is 9.84. The van der Waals surface area contributed by atoms with Crippen LogP contribution in [-0.2, 0) is 0 Å². The molecule has 0 radical (unpaired) electrons. The van der Waals surface area contributed by atoms with Crippen LogP contribution in [0.1, 0.15) is 32.6 Å². The highest BCUT2D eigenvalue weighted by molar-refractivity contribution is 6.32. The van der Waals surface area contributed by atoms with Crippen LogP contribution in [0.15, 0.2) is 6.33 Å². The van der Waals surface area contributed by atoms with E-state index in [0.29, 0.717) is 22.7 Å². The van der Waals surface area contributed by atoms with Crippen molar-refractivity contribution in [1.29, 1.82) is 0 Å². The van der Waals surface area contributed by atoms with E-state index in [1.807, 2.05) is 0 Å². The van der Waals surface area contributed by atoms with Gasteiger partial charge in [0.25, 0.3) is 0 Å². The topological polar surface area (TPSA) is 63.8 Å². The van der Waals surface area contributed by atoms with E-state index in [-0.39, 0.29) is 0 Å². The number of rotatable bonds is 3. The molecule has 0 aromatic carbocycles. The number of nitrogens with one attached hydrogen (secondary N) is 1. The number of halogens is 1. The van der Waals surface area contributed by atoms with E-state index in [1.165, 1.54) is 32.0 Å². The van der Waals surface area contributed by atoms with Crippen LogP contribution in [0.2, 0.25) is 5.15 Å². The number of aromatic nitrogens is 2. The van der Waals surface area contributed by atoms with Crippen molar-refractivity contribution in [3.05, 3.63) is 11.5 Å². The van der Waals surface area contributed by atoms with Crippen LogP contribution in [0.25, 0.3) is 0 Å². The van der Waals surface area contributed by atoms with Crippen molar-refractivity contribution in [3.8, 4) is 0 Å². The van der Waals surface area contributed by atoms with Gasteiger partial charge < -0.3 is 11.1 Å². The Kier molecular flexibility index (Phi) is 3.06. The van der Waals surface area contributed by atoms with E-state index < -0.39 is 0 Å². The zero-order chi connectivity index (χ0) is 12.7. The third kappa shape index (κ3) is 2.03. The van der Waals surface area contributed by atoms with Crippen LogP contribution in [0, 0.1) is 17.8 Å². The van der Waals surface area contributed by atoms with Crippen LogP contribution in [0.3, 0.4) is 0 Å². The summed E-state index contributed by atoms with van der Waals surface area (Å²) in [5.41, 5.74) is 6.34. The van der Waals surface area contributed by atoms with E-state index in [2.05, 4.69) is 22.2 Å². The highest BCUT2D eigenvalue weighted by atomic mass is 35.5. The van der Waals surface area contributed by atoms with E-state index in [0.717, 1.165) is 17.8 Å². The highest BCUT2D eigenvalue weighted by Crippen LogP contribution is 2.49. The van der Waals surface area contributed by atoms with Gasteiger partial charge in [0, 0.05) is 6.04 Å². The van der Waals surface area contributed by atoms with Crippen LogP contribution in [0.5, 0.6) is 0 Å². The molecule has 0 spiro atoms. The van der Waals surface area contributed by atoms with Gasteiger partial charge in [-0.15, -0.1) is 0 Å². The Morgan fingerprint density at radius 1 is 1.39 bits per heavy atom. The van der Waals surface area contributed by atoms with Gasteiger partial charge in [-0.3, -0.25) is 0 Å². The Balaban J connectivity index is 1.71. The minimum atomic E-state index is 0.327. The van der Waals surface area contributed by atoms with Crippen LogP contribution < -0.4 is 11.1 Å². The van der Waals surface area contributed by atoms with E-state index in [4.69, 9.17) is 17.3 Å². The SMILES string of the molecule is CC(Nc1ncnc(Cl)c1N)C1CC2CCC1C2. The molecule has 4 unspecified atom stereocenters. The normalized spacial score (nSPS) is 31.6. The zero-order valence-corrected chi connectivity index (χ0v) is 11.3. The second-order valence-electron chi connectivity index (χ2n) is 5.70. The van der Waals surface area contributed by atoms with Crippen LogP contribution in [-0.4, -0.2) is 16.0 Å². The first-order valence-corrected chi connectivity index (χ1v) is 7.05. The quantitative estimate of drug-likeness (QED) is 0.826. The maximum atomic E-state index is 5.90. The summed E-state index contributed by atoms with van der Waals surface area (Å²) in [5, 5.41) is 3.74. The third-order valence-electron chi connectivity index (χ3n) is 4.63. The molecule has 2 aliphatic carbocycles. The summed E-state index contributed by atoms with van der Waals surface area (Å²) < 4.78 is 0. The van der Waals surface area contributed by atoms with Gasteiger partial charge in [0.2, 0.25) is 0 Å². The molecule has 3 N–H and O–H groups in total. The van der Waals surface area contributed by atoms with Gasteiger partial charge in [-0.25, -0.2) is 9.97 Å². The highest BCUT2D eigenvalue weighted by Gasteiger charge is 2.41. The fraction of sp³-hybridized carbons (Fsp3) is 0.692. The van der Waals surface area contributed by atoms with Crippen molar-refractivity contribution in [2.75, 3.05) is 11.1 Å². The van der Waals surface area contributed by atoms with Crippen molar-refractivity contribution >= 4 is 23.1 Å². The third-order valence-corrected chi connectivity index (χ3v) is 4.94. The van der Waals surface area contributed by atoms with Gasteiger partial charge in [-0.1, -0.05) is 18.0 Å². The first kappa shape index (κ1) is 12.0. The lowest BCUT2D eigenvalue weighted by molar-refractivity contribution is 0.304. The molecule has 2 fully saturated rings. The Morgan fingerprint density at radius 3 is 2.89 bits per heavy atom. The molecule has 0 aliphatic heterocycles. The summed E-state index contributed by atoms with van der Waals surface area (Å²) in [4.78, 5) is 8.05. The fourth-order valence-electron chi connectivity index (χ4n) is 3.72. The largest absolute Gasteiger partial charge is 0.393 e. The molecule has 98 valence electrons.